The molecule has 1 atom stereocenters. The smallest absolute Gasteiger partial charge is 0.295 e. The van der Waals surface area contributed by atoms with Crippen molar-refractivity contribution in [2.45, 2.75) is 19.0 Å². The summed E-state index contributed by atoms with van der Waals surface area (Å²) < 4.78 is 7.08. The maximum Gasteiger partial charge on any atom is 0.295 e. The van der Waals surface area contributed by atoms with Gasteiger partial charge in [0.15, 0.2) is 0 Å². The quantitative estimate of drug-likeness (QED) is 0.362. The van der Waals surface area contributed by atoms with Crippen molar-refractivity contribution in [3.8, 4) is 5.75 Å². The number of amides is 1. The Morgan fingerprint density at radius 1 is 1.06 bits per heavy atom. The summed E-state index contributed by atoms with van der Waals surface area (Å²) in [5.74, 6) is -0.831. The molecule has 2 aromatic carbocycles. The normalized spacial score (nSPS) is 17.8. The van der Waals surface area contributed by atoms with E-state index in [1.165, 1.54) is 0 Å². The number of methoxy groups -OCH3 is 1. The van der Waals surface area contributed by atoms with Crippen LogP contribution in [0.25, 0.3) is 5.76 Å². The van der Waals surface area contributed by atoms with Crippen molar-refractivity contribution in [2.75, 3.05) is 13.7 Å². The van der Waals surface area contributed by atoms with Gasteiger partial charge in [0.05, 0.1) is 25.1 Å². The number of aryl methyl sites for hydroxylation is 1. The van der Waals surface area contributed by atoms with Crippen molar-refractivity contribution < 1.29 is 19.4 Å². The van der Waals surface area contributed by atoms with Crippen LogP contribution in [0, 0.1) is 0 Å². The summed E-state index contributed by atoms with van der Waals surface area (Å²) in [6.45, 7) is 1.05. The molecule has 7 heteroatoms. The first kappa shape index (κ1) is 20.4. The molecule has 1 unspecified atom stereocenters. The minimum absolute atomic E-state index is 0.101. The monoisotopic (exact) mass is 417 g/mol. The maximum absolute atomic E-state index is 13.0. The number of aliphatic hydroxyl groups excluding tert-OH is 1. The molecule has 158 valence electrons. The highest BCUT2D eigenvalue weighted by Crippen LogP contribution is 2.39. The van der Waals surface area contributed by atoms with E-state index < -0.39 is 17.7 Å². The van der Waals surface area contributed by atoms with Crippen molar-refractivity contribution in [3.05, 3.63) is 90.0 Å². The first-order valence-corrected chi connectivity index (χ1v) is 10.0. The SMILES string of the molecule is COc1ccc(/C(O)=C2/C(=O)C(=O)N(CCCn3ccnc3)C2c2ccccc2)cc1. The molecule has 0 saturated carbocycles. The Hall–Kier alpha value is -3.87. The van der Waals surface area contributed by atoms with Gasteiger partial charge in [0.25, 0.3) is 11.7 Å². The summed E-state index contributed by atoms with van der Waals surface area (Å²) in [5, 5.41) is 11.0. The number of ketones is 1. The largest absolute Gasteiger partial charge is 0.507 e. The second-order valence-electron chi connectivity index (χ2n) is 7.29. The standard InChI is InChI=1S/C24H23N3O4/c1-31-19-10-8-18(9-11-19)22(28)20-21(17-6-3-2-4-7-17)27(24(30)23(20)29)14-5-13-26-15-12-25-16-26/h2-4,6-12,15-16,21,28H,5,13-14H2,1H3/b22-20-. The molecule has 2 heterocycles. The van der Waals surface area contributed by atoms with E-state index in [1.807, 2.05) is 41.1 Å². The van der Waals surface area contributed by atoms with Gasteiger partial charge in [0.1, 0.15) is 11.5 Å². The number of carbonyl (C=O) groups is 2. The zero-order chi connectivity index (χ0) is 21.8. The van der Waals surface area contributed by atoms with Crippen LogP contribution in [0.15, 0.2) is 78.9 Å². The molecule has 4 rings (SSSR count). The number of nitrogens with zero attached hydrogens (tertiary/aromatic N) is 3. The van der Waals surface area contributed by atoms with Gasteiger partial charge in [-0.3, -0.25) is 9.59 Å². The zero-order valence-electron chi connectivity index (χ0n) is 17.1. The molecule has 0 bridgehead atoms. The Morgan fingerprint density at radius 2 is 1.81 bits per heavy atom. The predicted octanol–water partition coefficient (Wildman–Crippen LogP) is 3.40. The summed E-state index contributed by atoms with van der Waals surface area (Å²) in [5.41, 5.74) is 1.33. The van der Waals surface area contributed by atoms with E-state index >= 15 is 0 Å². The van der Waals surface area contributed by atoms with Gasteiger partial charge < -0.3 is 19.3 Å². The Labute approximate surface area is 180 Å². The van der Waals surface area contributed by atoms with Crippen LogP contribution in [-0.2, 0) is 16.1 Å². The first-order valence-electron chi connectivity index (χ1n) is 10.0. The lowest BCUT2D eigenvalue weighted by Gasteiger charge is -2.25. The van der Waals surface area contributed by atoms with E-state index in [4.69, 9.17) is 4.74 Å². The van der Waals surface area contributed by atoms with Gasteiger partial charge in [-0.1, -0.05) is 30.3 Å². The number of likely N-dealkylation sites (tertiary alicyclic amines) is 1. The molecule has 1 fully saturated rings. The molecule has 0 radical (unpaired) electrons. The van der Waals surface area contributed by atoms with Crippen molar-refractivity contribution >= 4 is 17.4 Å². The number of hydrogen-bond acceptors (Lipinski definition) is 5. The van der Waals surface area contributed by atoms with Crippen molar-refractivity contribution in [1.82, 2.24) is 14.5 Å². The zero-order valence-corrected chi connectivity index (χ0v) is 17.1. The number of hydrogen-bond donors (Lipinski definition) is 1. The van der Waals surface area contributed by atoms with Crippen LogP contribution in [0.4, 0.5) is 0 Å². The number of aliphatic hydroxyl groups is 1. The minimum atomic E-state index is -0.676. The van der Waals surface area contributed by atoms with Crippen molar-refractivity contribution in [1.29, 1.82) is 0 Å². The minimum Gasteiger partial charge on any atom is -0.507 e. The van der Waals surface area contributed by atoms with Gasteiger partial charge in [0.2, 0.25) is 0 Å². The fraction of sp³-hybridized carbons (Fsp3) is 0.208. The Balaban J connectivity index is 1.70. The van der Waals surface area contributed by atoms with Gasteiger partial charge >= 0.3 is 0 Å². The summed E-state index contributed by atoms with van der Waals surface area (Å²) in [6.07, 6.45) is 5.92. The lowest BCUT2D eigenvalue weighted by Crippen LogP contribution is -2.31. The third-order valence-electron chi connectivity index (χ3n) is 5.39. The van der Waals surface area contributed by atoms with Gasteiger partial charge in [0, 0.05) is 31.0 Å². The van der Waals surface area contributed by atoms with Crippen LogP contribution in [0.1, 0.15) is 23.6 Å². The number of carbonyl (C=O) groups excluding carboxylic acids is 2. The van der Waals surface area contributed by atoms with Crippen LogP contribution in [-0.4, -0.2) is 44.9 Å². The highest BCUT2D eigenvalue weighted by Gasteiger charge is 2.45. The molecule has 1 N–H and O–H groups in total. The fourth-order valence-electron chi connectivity index (χ4n) is 3.84. The van der Waals surface area contributed by atoms with E-state index in [0.29, 0.717) is 30.8 Å². The first-order chi connectivity index (χ1) is 15.1. The van der Waals surface area contributed by atoms with Crippen LogP contribution >= 0.6 is 0 Å². The Morgan fingerprint density at radius 3 is 2.45 bits per heavy atom. The highest BCUT2D eigenvalue weighted by molar-refractivity contribution is 6.46. The van der Waals surface area contributed by atoms with Crippen LogP contribution in [0.2, 0.25) is 0 Å². The highest BCUT2D eigenvalue weighted by atomic mass is 16.5. The molecule has 1 aliphatic heterocycles. The summed E-state index contributed by atoms with van der Waals surface area (Å²) in [4.78, 5) is 31.5. The average Bonchev–Trinajstić information content (AvgIpc) is 3.41. The van der Waals surface area contributed by atoms with Crippen LogP contribution in [0.5, 0.6) is 5.75 Å². The van der Waals surface area contributed by atoms with E-state index in [-0.39, 0.29) is 11.3 Å². The third kappa shape index (κ3) is 4.07. The molecule has 1 aromatic heterocycles. The third-order valence-corrected chi connectivity index (χ3v) is 5.39. The predicted molar refractivity (Wildman–Crippen MR) is 115 cm³/mol. The van der Waals surface area contributed by atoms with E-state index in [9.17, 15) is 14.7 Å². The number of Topliss-reactive ketones (excluding diaryl/α,β-unsaturated/α-hetero) is 1. The molecule has 0 aliphatic carbocycles. The van der Waals surface area contributed by atoms with Gasteiger partial charge in [-0.2, -0.15) is 0 Å². The second-order valence-corrected chi connectivity index (χ2v) is 7.29. The molecule has 3 aromatic rings. The Kier molecular flexibility index (Phi) is 5.84. The second kappa shape index (κ2) is 8.87. The maximum atomic E-state index is 13.0. The van der Waals surface area contributed by atoms with E-state index in [0.717, 1.165) is 5.56 Å². The van der Waals surface area contributed by atoms with Gasteiger partial charge in [-0.25, -0.2) is 4.98 Å². The average molecular weight is 417 g/mol. The lowest BCUT2D eigenvalue weighted by molar-refractivity contribution is -0.139. The lowest BCUT2D eigenvalue weighted by atomic mass is 9.95. The number of imidazole rings is 1. The number of benzene rings is 2. The van der Waals surface area contributed by atoms with Crippen LogP contribution in [0.3, 0.4) is 0 Å². The summed E-state index contributed by atoms with van der Waals surface area (Å²) in [6, 6.07) is 15.4. The van der Waals surface area contributed by atoms with Gasteiger partial charge in [-0.15, -0.1) is 0 Å². The number of rotatable bonds is 7. The van der Waals surface area contributed by atoms with Gasteiger partial charge in [-0.05, 0) is 36.2 Å². The topological polar surface area (TPSA) is 84.7 Å². The summed E-state index contributed by atoms with van der Waals surface area (Å²) in [7, 11) is 1.56. The number of aromatic nitrogens is 2. The summed E-state index contributed by atoms with van der Waals surface area (Å²) >= 11 is 0. The molecule has 7 nitrogen and oxygen atoms in total. The molecular formula is C24H23N3O4. The van der Waals surface area contributed by atoms with Crippen LogP contribution < -0.4 is 4.74 Å². The molecule has 31 heavy (non-hydrogen) atoms. The van der Waals surface area contributed by atoms with E-state index in [1.54, 1.807) is 48.8 Å². The van der Waals surface area contributed by atoms with Crippen molar-refractivity contribution in [2.24, 2.45) is 0 Å². The number of ether oxygens (including phenoxy) is 1. The molecule has 1 saturated heterocycles. The molecule has 1 amide bonds. The van der Waals surface area contributed by atoms with E-state index in [2.05, 4.69) is 4.98 Å². The van der Waals surface area contributed by atoms with Crippen molar-refractivity contribution in [3.63, 3.8) is 0 Å². The molecular weight excluding hydrogens is 394 g/mol. The molecule has 1 aliphatic rings. The molecule has 0 spiro atoms. The fourth-order valence-corrected chi connectivity index (χ4v) is 3.84. The Bertz CT molecular complexity index is 1090.